The van der Waals surface area contributed by atoms with E-state index in [0.717, 1.165) is 21.7 Å². The Morgan fingerprint density at radius 2 is 1.65 bits per heavy atom. The first kappa shape index (κ1) is 28.0. The first-order chi connectivity index (χ1) is 15.7. The van der Waals surface area contributed by atoms with E-state index in [9.17, 15) is 18.0 Å². The van der Waals surface area contributed by atoms with Gasteiger partial charge in [-0.1, -0.05) is 35.3 Å². The SMILES string of the molecule is Cc1ccc(N(CC(=O)N(Cc2ccc(Cl)cc2Cl)[C@H](C)C(=O)NC(C)C)S(C)(=O)=O)cc1C. The highest BCUT2D eigenvalue weighted by molar-refractivity contribution is 7.92. The molecule has 0 saturated heterocycles. The molecule has 2 rings (SSSR count). The lowest BCUT2D eigenvalue weighted by Gasteiger charge is -2.32. The topological polar surface area (TPSA) is 86.8 Å². The van der Waals surface area contributed by atoms with Crippen molar-refractivity contribution in [3.63, 3.8) is 0 Å². The molecule has 0 aliphatic heterocycles. The van der Waals surface area contributed by atoms with Crippen molar-refractivity contribution in [2.24, 2.45) is 0 Å². The fourth-order valence-electron chi connectivity index (χ4n) is 3.32. The number of sulfonamides is 1. The number of carbonyl (C=O) groups is 2. The van der Waals surface area contributed by atoms with Crippen molar-refractivity contribution in [2.45, 2.75) is 53.2 Å². The van der Waals surface area contributed by atoms with E-state index in [2.05, 4.69) is 5.32 Å². The Kier molecular flexibility index (Phi) is 9.39. The molecule has 0 unspecified atom stereocenters. The van der Waals surface area contributed by atoms with E-state index in [1.165, 1.54) is 4.90 Å². The minimum Gasteiger partial charge on any atom is -0.352 e. The molecule has 2 aromatic rings. The summed E-state index contributed by atoms with van der Waals surface area (Å²) in [7, 11) is -3.79. The zero-order valence-electron chi connectivity index (χ0n) is 20.2. The van der Waals surface area contributed by atoms with Crippen molar-refractivity contribution < 1.29 is 18.0 Å². The molecule has 0 spiro atoms. The van der Waals surface area contributed by atoms with E-state index in [1.807, 2.05) is 27.7 Å². The molecule has 0 aromatic heterocycles. The Morgan fingerprint density at radius 1 is 1.00 bits per heavy atom. The molecule has 34 heavy (non-hydrogen) atoms. The Bertz CT molecular complexity index is 1170. The maximum atomic E-state index is 13.5. The van der Waals surface area contributed by atoms with Crippen LogP contribution in [0.1, 0.15) is 37.5 Å². The summed E-state index contributed by atoms with van der Waals surface area (Å²) in [5.74, 6) is -0.897. The van der Waals surface area contributed by atoms with Gasteiger partial charge in [-0.15, -0.1) is 0 Å². The Balaban J connectivity index is 2.44. The second kappa shape index (κ2) is 11.4. The summed E-state index contributed by atoms with van der Waals surface area (Å²) >= 11 is 12.3. The largest absolute Gasteiger partial charge is 0.352 e. The van der Waals surface area contributed by atoms with Crippen LogP contribution in [-0.2, 0) is 26.2 Å². The van der Waals surface area contributed by atoms with E-state index in [1.54, 1.807) is 43.3 Å². The minimum absolute atomic E-state index is 0.00600. The zero-order valence-corrected chi connectivity index (χ0v) is 22.6. The van der Waals surface area contributed by atoms with Crippen molar-refractivity contribution >= 4 is 50.7 Å². The van der Waals surface area contributed by atoms with E-state index in [4.69, 9.17) is 23.2 Å². The van der Waals surface area contributed by atoms with Crippen LogP contribution < -0.4 is 9.62 Å². The fourth-order valence-corrected chi connectivity index (χ4v) is 4.63. The molecule has 0 aliphatic rings. The Morgan fingerprint density at radius 3 is 2.18 bits per heavy atom. The summed E-state index contributed by atoms with van der Waals surface area (Å²) in [5, 5.41) is 3.58. The summed E-state index contributed by atoms with van der Waals surface area (Å²) in [6, 6.07) is 9.05. The lowest BCUT2D eigenvalue weighted by molar-refractivity contribution is -0.139. The summed E-state index contributed by atoms with van der Waals surface area (Å²) in [4.78, 5) is 27.6. The van der Waals surface area contributed by atoms with Gasteiger partial charge in [-0.2, -0.15) is 0 Å². The number of anilines is 1. The number of nitrogens with zero attached hydrogens (tertiary/aromatic N) is 2. The average Bonchev–Trinajstić information content (AvgIpc) is 2.71. The van der Waals surface area contributed by atoms with Crippen LogP contribution in [0.15, 0.2) is 36.4 Å². The van der Waals surface area contributed by atoms with Gasteiger partial charge in [0.2, 0.25) is 21.8 Å². The first-order valence-corrected chi connectivity index (χ1v) is 13.4. The summed E-state index contributed by atoms with van der Waals surface area (Å²) in [5.41, 5.74) is 2.86. The first-order valence-electron chi connectivity index (χ1n) is 10.8. The van der Waals surface area contributed by atoms with Crippen LogP contribution in [0.2, 0.25) is 10.0 Å². The number of aryl methyl sites for hydroxylation is 2. The number of nitrogens with one attached hydrogen (secondary N) is 1. The van der Waals surface area contributed by atoms with Crippen molar-refractivity contribution in [3.05, 3.63) is 63.1 Å². The molecule has 2 amide bonds. The number of rotatable bonds is 9. The molecular formula is C24H31Cl2N3O4S. The smallest absolute Gasteiger partial charge is 0.244 e. The number of halogens is 2. The zero-order chi connectivity index (χ0) is 25.8. The van der Waals surface area contributed by atoms with Gasteiger partial charge in [-0.25, -0.2) is 8.42 Å². The molecule has 0 bridgehead atoms. The van der Waals surface area contributed by atoms with Crippen LogP contribution in [0.3, 0.4) is 0 Å². The fraction of sp³-hybridized carbons (Fsp3) is 0.417. The third-order valence-electron chi connectivity index (χ3n) is 5.41. The van der Waals surface area contributed by atoms with Crippen molar-refractivity contribution in [1.82, 2.24) is 10.2 Å². The molecule has 0 fully saturated rings. The molecule has 0 saturated carbocycles. The van der Waals surface area contributed by atoms with Gasteiger partial charge < -0.3 is 10.2 Å². The van der Waals surface area contributed by atoms with Crippen LogP contribution >= 0.6 is 23.2 Å². The van der Waals surface area contributed by atoms with Crippen molar-refractivity contribution in [3.8, 4) is 0 Å². The van der Waals surface area contributed by atoms with Crippen LogP contribution in [0.4, 0.5) is 5.69 Å². The lowest BCUT2D eigenvalue weighted by atomic mass is 10.1. The second-order valence-electron chi connectivity index (χ2n) is 8.63. The Labute approximate surface area is 212 Å². The molecule has 7 nitrogen and oxygen atoms in total. The average molecular weight is 529 g/mol. The van der Waals surface area contributed by atoms with Gasteiger partial charge in [0.05, 0.1) is 11.9 Å². The van der Waals surface area contributed by atoms with E-state index in [-0.39, 0.29) is 18.5 Å². The highest BCUT2D eigenvalue weighted by atomic mass is 35.5. The van der Waals surface area contributed by atoms with Crippen LogP contribution in [-0.4, -0.2) is 50.0 Å². The van der Waals surface area contributed by atoms with Crippen LogP contribution in [0.25, 0.3) is 0 Å². The summed E-state index contributed by atoms with van der Waals surface area (Å²) < 4.78 is 26.3. The van der Waals surface area contributed by atoms with E-state index >= 15 is 0 Å². The molecule has 0 aliphatic carbocycles. The van der Waals surface area contributed by atoms with Crippen LogP contribution in [0.5, 0.6) is 0 Å². The summed E-state index contributed by atoms with van der Waals surface area (Å²) in [6.07, 6.45) is 1.05. The predicted octanol–water partition coefficient (Wildman–Crippen LogP) is 4.32. The minimum atomic E-state index is -3.79. The molecule has 0 heterocycles. The van der Waals surface area contributed by atoms with E-state index in [0.29, 0.717) is 21.3 Å². The molecule has 10 heteroatoms. The standard InChI is InChI=1S/C24H31Cl2N3O4S/c1-15(2)27-24(31)18(5)28(13-19-8-9-20(25)12-22(19)26)23(30)14-29(34(6,32)33)21-10-7-16(3)17(4)11-21/h7-12,15,18H,13-14H2,1-6H3,(H,27,31)/t18-/m1/s1. The van der Waals surface area contributed by atoms with Crippen molar-refractivity contribution in [2.75, 3.05) is 17.1 Å². The summed E-state index contributed by atoms with van der Waals surface area (Å²) in [6.45, 7) is 8.56. The van der Waals surface area contributed by atoms with Crippen molar-refractivity contribution in [1.29, 1.82) is 0 Å². The van der Waals surface area contributed by atoms with E-state index < -0.39 is 28.5 Å². The molecular weight excluding hydrogens is 497 g/mol. The van der Waals surface area contributed by atoms with Gasteiger partial charge in [-0.05, 0) is 75.6 Å². The van der Waals surface area contributed by atoms with Gasteiger partial charge >= 0.3 is 0 Å². The second-order valence-corrected chi connectivity index (χ2v) is 11.4. The third-order valence-corrected chi connectivity index (χ3v) is 7.14. The number of amides is 2. The lowest BCUT2D eigenvalue weighted by Crippen LogP contribution is -2.52. The van der Waals surface area contributed by atoms with Gasteiger partial charge in [0.15, 0.2) is 0 Å². The quantitative estimate of drug-likeness (QED) is 0.526. The number of hydrogen-bond donors (Lipinski definition) is 1. The number of hydrogen-bond acceptors (Lipinski definition) is 4. The van der Waals surface area contributed by atoms with Gasteiger partial charge in [-0.3, -0.25) is 13.9 Å². The molecule has 186 valence electrons. The van der Waals surface area contributed by atoms with Gasteiger partial charge in [0.1, 0.15) is 12.6 Å². The number of carbonyl (C=O) groups excluding carboxylic acids is 2. The predicted molar refractivity (Wildman–Crippen MR) is 138 cm³/mol. The third kappa shape index (κ3) is 7.35. The maximum Gasteiger partial charge on any atom is 0.244 e. The number of benzene rings is 2. The molecule has 1 N–H and O–H groups in total. The normalized spacial score (nSPS) is 12.4. The monoisotopic (exact) mass is 527 g/mol. The molecule has 2 aromatic carbocycles. The molecule has 0 radical (unpaired) electrons. The highest BCUT2D eigenvalue weighted by Gasteiger charge is 2.30. The Hall–Kier alpha value is -2.29. The maximum absolute atomic E-state index is 13.5. The van der Waals surface area contributed by atoms with Gasteiger partial charge in [0, 0.05) is 22.6 Å². The highest BCUT2D eigenvalue weighted by Crippen LogP contribution is 2.25. The van der Waals surface area contributed by atoms with Crippen LogP contribution in [0, 0.1) is 13.8 Å². The van der Waals surface area contributed by atoms with Gasteiger partial charge in [0.25, 0.3) is 0 Å². The molecule has 1 atom stereocenters.